The fourth-order valence-corrected chi connectivity index (χ4v) is 2.45. The SMILES string of the molecule is O=C(Nc1ccc2c(c1)B(O)OCC2)c1ncccc1Cl. The van der Waals surface area contributed by atoms with Crippen molar-refractivity contribution in [1.82, 2.24) is 4.98 Å². The third-order valence-electron chi connectivity index (χ3n) is 3.29. The number of halogens is 1. The van der Waals surface area contributed by atoms with Crippen LogP contribution in [0.5, 0.6) is 0 Å². The van der Waals surface area contributed by atoms with Crippen molar-refractivity contribution in [3.63, 3.8) is 0 Å². The summed E-state index contributed by atoms with van der Waals surface area (Å²) in [6.07, 6.45) is 2.25. The summed E-state index contributed by atoms with van der Waals surface area (Å²) in [5.41, 5.74) is 2.41. The first-order valence-electron chi connectivity index (χ1n) is 6.49. The van der Waals surface area contributed by atoms with Crippen molar-refractivity contribution < 1.29 is 14.5 Å². The number of nitrogens with one attached hydrogen (secondary N) is 1. The van der Waals surface area contributed by atoms with Gasteiger partial charge in [-0.25, -0.2) is 4.98 Å². The van der Waals surface area contributed by atoms with E-state index in [1.165, 1.54) is 6.20 Å². The predicted molar refractivity (Wildman–Crippen MR) is 80.9 cm³/mol. The van der Waals surface area contributed by atoms with Crippen LogP contribution >= 0.6 is 11.6 Å². The molecule has 2 heterocycles. The van der Waals surface area contributed by atoms with Crippen LogP contribution in [0.4, 0.5) is 5.69 Å². The molecule has 0 fully saturated rings. The molecule has 0 saturated carbocycles. The van der Waals surface area contributed by atoms with Crippen LogP contribution in [0.1, 0.15) is 16.1 Å². The minimum absolute atomic E-state index is 0.161. The third-order valence-corrected chi connectivity index (χ3v) is 3.60. The van der Waals surface area contributed by atoms with Crippen LogP contribution in [0, 0.1) is 0 Å². The van der Waals surface area contributed by atoms with E-state index in [1.54, 1.807) is 24.3 Å². The second-order valence-electron chi connectivity index (χ2n) is 4.67. The summed E-state index contributed by atoms with van der Waals surface area (Å²) >= 11 is 5.94. The Kier molecular flexibility index (Phi) is 3.92. The number of anilines is 1. The maximum absolute atomic E-state index is 12.1. The van der Waals surface area contributed by atoms with Gasteiger partial charge in [0.15, 0.2) is 0 Å². The lowest BCUT2D eigenvalue weighted by atomic mass is 9.73. The van der Waals surface area contributed by atoms with E-state index in [-0.39, 0.29) is 10.7 Å². The van der Waals surface area contributed by atoms with E-state index in [1.807, 2.05) is 6.07 Å². The molecule has 3 rings (SSSR count). The van der Waals surface area contributed by atoms with Gasteiger partial charge in [0.2, 0.25) is 0 Å². The van der Waals surface area contributed by atoms with Crippen molar-refractivity contribution in [3.8, 4) is 0 Å². The van der Waals surface area contributed by atoms with Crippen molar-refractivity contribution in [1.29, 1.82) is 0 Å². The van der Waals surface area contributed by atoms with Gasteiger partial charge < -0.3 is 15.0 Å². The van der Waals surface area contributed by atoms with Crippen molar-refractivity contribution in [2.45, 2.75) is 6.42 Å². The molecule has 0 spiro atoms. The Bertz CT molecular complexity index is 696. The summed E-state index contributed by atoms with van der Waals surface area (Å²) in [6.45, 7) is 0.489. The summed E-state index contributed by atoms with van der Waals surface area (Å²) in [6, 6.07) is 8.62. The average molecular weight is 303 g/mol. The fraction of sp³-hybridized carbons (Fsp3) is 0.143. The second kappa shape index (κ2) is 5.85. The van der Waals surface area contributed by atoms with Crippen LogP contribution in [-0.4, -0.2) is 29.6 Å². The number of fused-ring (bicyclic) bond motifs is 1. The number of hydrogen-bond donors (Lipinski definition) is 2. The van der Waals surface area contributed by atoms with E-state index in [0.29, 0.717) is 17.8 Å². The standard InChI is InChI=1S/C14H12BClN2O3/c16-12-2-1-6-17-13(12)14(19)18-10-4-3-9-5-7-21-15(20)11(9)8-10/h1-4,6,8,20H,5,7H2,(H,18,19). The number of carbonyl (C=O) groups excluding carboxylic acids is 1. The molecular weight excluding hydrogens is 290 g/mol. The Morgan fingerprint density at radius 3 is 3.10 bits per heavy atom. The molecule has 0 radical (unpaired) electrons. The maximum atomic E-state index is 12.1. The first-order chi connectivity index (χ1) is 10.1. The lowest BCUT2D eigenvalue weighted by Gasteiger charge is -2.19. The lowest BCUT2D eigenvalue weighted by Crippen LogP contribution is -2.41. The first-order valence-corrected chi connectivity index (χ1v) is 6.87. The van der Waals surface area contributed by atoms with E-state index < -0.39 is 13.0 Å². The zero-order valence-corrected chi connectivity index (χ0v) is 11.8. The first kappa shape index (κ1) is 14.1. The highest BCUT2D eigenvalue weighted by molar-refractivity contribution is 6.61. The summed E-state index contributed by atoms with van der Waals surface area (Å²) < 4.78 is 5.18. The molecule has 1 aliphatic rings. The maximum Gasteiger partial charge on any atom is 0.491 e. The van der Waals surface area contributed by atoms with Gasteiger partial charge in [-0.2, -0.15) is 0 Å². The van der Waals surface area contributed by atoms with Gasteiger partial charge in [0.05, 0.1) is 5.02 Å². The largest absolute Gasteiger partial charge is 0.491 e. The number of carbonyl (C=O) groups is 1. The van der Waals surface area contributed by atoms with Crippen LogP contribution in [0.3, 0.4) is 0 Å². The van der Waals surface area contributed by atoms with E-state index in [2.05, 4.69) is 10.3 Å². The third kappa shape index (κ3) is 2.92. The molecule has 2 aromatic rings. The number of benzene rings is 1. The van der Waals surface area contributed by atoms with Crippen LogP contribution in [0.15, 0.2) is 36.5 Å². The molecule has 106 valence electrons. The number of amides is 1. The van der Waals surface area contributed by atoms with Gasteiger partial charge in [0.1, 0.15) is 5.69 Å². The van der Waals surface area contributed by atoms with Gasteiger partial charge >= 0.3 is 7.12 Å². The highest BCUT2D eigenvalue weighted by atomic mass is 35.5. The van der Waals surface area contributed by atoms with E-state index >= 15 is 0 Å². The normalized spacial score (nSPS) is 13.7. The molecule has 1 aliphatic heterocycles. The predicted octanol–water partition coefficient (Wildman–Crippen LogP) is 1.25. The molecule has 5 nitrogen and oxygen atoms in total. The average Bonchev–Trinajstić information content (AvgIpc) is 2.48. The van der Waals surface area contributed by atoms with E-state index in [4.69, 9.17) is 16.3 Å². The molecule has 21 heavy (non-hydrogen) atoms. The van der Waals surface area contributed by atoms with Crippen LogP contribution in [-0.2, 0) is 11.1 Å². The molecule has 7 heteroatoms. The molecule has 2 N–H and O–H groups in total. The Morgan fingerprint density at radius 2 is 2.29 bits per heavy atom. The Labute approximate surface area is 127 Å². The number of rotatable bonds is 2. The summed E-state index contributed by atoms with van der Waals surface area (Å²) in [4.78, 5) is 16.1. The van der Waals surface area contributed by atoms with Crippen LogP contribution in [0.2, 0.25) is 5.02 Å². The van der Waals surface area contributed by atoms with E-state index in [0.717, 1.165) is 12.0 Å². The zero-order valence-electron chi connectivity index (χ0n) is 11.0. The molecule has 1 aromatic carbocycles. The van der Waals surface area contributed by atoms with Gasteiger partial charge in [-0.3, -0.25) is 4.79 Å². The monoisotopic (exact) mass is 302 g/mol. The fourth-order valence-electron chi connectivity index (χ4n) is 2.24. The number of hydrogen-bond acceptors (Lipinski definition) is 4. The smallest absolute Gasteiger partial charge is 0.423 e. The summed E-state index contributed by atoms with van der Waals surface area (Å²) in [5, 5.41) is 12.8. The van der Waals surface area contributed by atoms with Gasteiger partial charge in [-0.15, -0.1) is 0 Å². The number of aromatic nitrogens is 1. The molecule has 0 saturated heterocycles. The van der Waals surface area contributed by atoms with Crippen molar-refractivity contribution >= 4 is 35.8 Å². The zero-order chi connectivity index (χ0) is 14.8. The molecule has 0 atom stereocenters. The minimum Gasteiger partial charge on any atom is -0.423 e. The van der Waals surface area contributed by atoms with Gasteiger partial charge in [0, 0.05) is 18.5 Å². The van der Waals surface area contributed by atoms with Gasteiger partial charge in [0.25, 0.3) is 5.91 Å². The molecular formula is C14H12BClN2O3. The van der Waals surface area contributed by atoms with Gasteiger partial charge in [-0.05, 0) is 41.7 Å². The number of nitrogens with zero attached hydrogens (tertiary/aromatic N) is 1. The van der Waals surface area contributed by atoms with Crippen LogP contribution in [0.25, 0.3) is 0 Å². The Hall–Kier alpha value is -1.89. The molecule has 0 unspecified atom stereocenters. The molecule has 1 aromatic heterocycles. The summed E-state index contributed by atoms with van der Waals surface area (Å²) in [5.74, 6) is -0.397. The molecule has 0 bridgehead atoms. The quantitative estimate of drug-likeness (QED) is 0.819. The Morgan fingerprint density at radius 1 is 1.43 bits per heavy atom. The lowest BCUT2D eigenvalue weighted by molar-refractivity contribution is 0.102. The van der Waals surface area contributed by atoms with Crippen molar-refractivity contribution in [3.05, 3.63) is 52.8 Å². The molecule has 1 amide bonds. The highest BCUT2D eigenvalue weighted by Gasteiger charge is 2.25. The Balaban J connectivity index is 1.84. The second-order valence-corrected chi connectivity index (χ2v) is 5.08. The molecule has 0 aliphatic carbocycles. The topological polar surface area (TPSA) is 71.5 Å². The summed E-state index contributed by atoms with van der Waals surface area (Å²) in [7, 11) is -0.955. The highest BCUT2D eigenvalue weighted by Crippen LogP contribution is 2.16. The number of pyridine rings is 1. The van der Waals surface area contributed by atoms with Crippen molar-refractivity contribution in [2.24, 2.45) is 0 Å². The van der Waals surface area contributed by atoms with E-state index in [9.17, 15) is 9.82 Å². The minimum atomic E-state index is -0.955. The van der Waals surface area contributed by atoms with Crippen molar-refractivity contribution in [2.75, 3.05) is 11.9 Å². The van der Waals surface area contributed by atoms with Gasteiger partial charge in [-0.1, -0.05) is 17.7 Å². The van der Waals surface area contributed by atoms with Crippen LogP contribution < -0.4 is 10.8 Å².